The maximum atomic E-state index is 11.8. The lowest BCUT2D eigenvalue weighted by Gasteiger charge is -2.34. The van der Waals surface area contributed by atoms with Gasteiger partial charge in [-0.2, -0.15) is 0 Å². The van der Waals surface area contributed by atoms with E-state index in [1.807, 2.05) is 24.3 Å². The van der Waals surface area contributed by atoms with Gasteiger partial charge >= 0.3 is 0 Å². The van der Waals surface area contributed by atoms with Crippen LogP contribution in [0, 0.1) is 0 Å². The molecule has 2 amide bonds. The fourth-order valence-electron chi connectivity index (χ4n) is 3.79. The van der Waals surface area contributed by atoms with Crippen LogP contribution in [0.15, 0.2) is 42.6 Å². The summed E-state index contributed by atoms with van der Waals surface area (Å²) in [5.74, 6) is 0.194. The minimum absolute atomic E-state index is 0.249. The van der Waals surface area contributed by atoms with Crippen molar-refractivity contribution in [3.05, 3.63) is 53.7 Å². The predicted octanol–water partition coefficient (Wildman–Crippen LogP) is 1.98. The summed E-state index contributed by atoms with van der Waals surface area (Å²) in [5.41, 5.74) is 8.29. The molecule has 8 nitrogen and oxygen atoms in total. The lowest BCUT2D eigenvalue weighted by Crippen LogP contribution is -2.43. The van der Waals surface area contributed by atoms with Crippen molar-refractivity contribution >= 4 is 34.4 Å². The number of imide groups is 1. The number of hydrogen-bond donors (Lipinski definition) is 4. The number of benzene rings is 1. The molecule has 1 aromatic heterocycles. The smallest absolute Gasteiger partial charge is 0.286 e. The summed E-state index contributed by atoms with van der Waals surface area (Å²) in [6.45, 7) is 2.30. The van der Waals surface area contributed by atoms with E-state index in [0.717, 1.165) is 54.5 Å². The Balaban J connectivity index is 1.25. The standard InChI is InChI=1S/C21H25N5O3S/c22-18-6-3-14(11-24-18)17(27)12-23-15-7-9-26(10-8-15)16-4-1-13(2-5-16)19-20(28)25-21(29)30-19/h1-6,11,15,17,19,23,27H,7-10,12H2,(H2,22,24)(H,25,28,29)/t17-,19?/m0/s1. The first-order chi connectivity index (χ1) is 14.5. The zero-order valence-corrected chi connectivity index (χ0v) is 17.3. The van der Waals surface area contributed by atoms with E-state index >= 15 is 0 Å². The third kappa shape index (κ3) is 4.75. The van der Waals surface area contributed by atoms with Crippen molar-refractivity contribution in [1.29, 1.82) is 0 Å². The highest BCUT2D eigenvalue weighted by Crippen LogP contribution is 2.35. The quantitative estimate of drug-likeness (QED) is 0.552. The molecular formula is C21H25N5O3S. The van der Waals surface area contributed by atoms with Crippen molar-refractivity contribution in [2.75, 3.05) is 30.3 Å². The van der Waals surface area contributed by atoms with Gasteiger partial charge in [-0.05, 0) is 48.4 Å². The molecular weight excluding hydrogens is 402 g/mol. The molecule has 4 rings (SSSR count). The van der Waals surface area contributed by atoms with Crippen molar-refractivity contribution in [3.63, 3.8) is 0 Å². The number of rotatable bonds is 6. The lowest BCUT2D eigenvalue weighted by molar-refractivity contribution is -0.119. The molecule has 1 unspecified atom stereocenters. The van der Waals surface area contributed by atoms with Crippen LogP contribution in [0.3, 0.4) is 0 Å². The Kier molecular flexibility index (Phi) is 6.21. The van der Waals surface area contributed by atoms with Gasteiger partial charge in [-0.3, -0.25) is 14.9 Å². The number of nitrogen functional groups attached to an aromatic ring is 1. The molecule has 30 heavy (non-hydrogen) atoms. The molecule has 0 spiro atoms. The van der Waals surface area contributed by atoms with Gasteiger partial charge in [0.1, 0.15) is 11.1 Å². The molecule has 158 valence electrons. The first-order valence-corrected chi connectivity index (χ1v) is 10.9. The van der Waals surface area contributed by atoms with E-state index in [9.17, 15) is 14.7 Å². The molecule has 0 bridgehead atoms. The number of hydrogen-bond acceptors (Lipinski definition) is 8. The fraction of sp³-hybridized carbons (Fsp3) is 0.381. The van der Waals surface area contributed by atoms with E-state index in [4.69, 9.17) is 5.73 Å². The largest absolute Gasteiger partial charge is 0.387 e. The Hall–Kier alpha value is -2.62. The first kappa shape index (κ1) is 20.6. The van der Waals surface area contributed by atoms with Gasteiger partial charge in [-0.1, -0.05) is 18.2 Å². The number of piperidine rings is 1. The van der Waals surface area contributed by atoms with Crippen LogP contribution in [0.5, 0.6) is 0 Å². The monoisotopic (exact) mass is 427 g/mol. The number of carbonyl (C=O) groups excluding carboxylic acids is 2. The number of pyridine rings is 1. The number of aliphatic hydroxyl groups is 1. The van der Waals surface area contributed by atoms with Crippen LogP contribution in [0.4, 0.5) is 16.3 Å². The molecule has 3 heterocycles. The number of aromatic nitrogens is 1. The average molecular weight is 428 g/mol. The average Bonchev–Trinajstić information content (AvgIpc) is 3.11. The number of aliphatic hydroxyl groups excluding tert-OH is 1. The number of thioether (sulfide) groups is 1. The van der Waals surface area contributed by atoms with Crippen LogP contribution in [0.1, 0.15) is 35.3 Å². The van der Waals surface area contributed by atoms with Gasteiger partial charge in [0.15, 0.2) is 0 Å². The second-order valence-electron chi connectivity index (χ2n) is 7.57. The summed E-state index contributed by atoms with van der Waals surface area (Å²) < 4.78 is 0. The number of nitrogens with two attached hydrogens (primary N) is 1. The van der Waals surface area contributed by atoms with E-state index in [-0.39, 0.29) is 11.1 Å². The summed E-state index contributed by atoms with van der Waals surface area (Å²) in [6, 6.07) is 11.7. The molecule has 9 heteroatoms. The van der Waals surface area contributed by atoms with Crippen LogP contribution in [-0.2, 0) is 4.79 Å². The molecule has 0 aliphatic carbocycles. The topological polar surface area (TPSA) is 121 Å². The van der Waals surface area contributed by atoms with Crippen molar-refractivity contribution in [2.24, 2.45) is 0 Å². The van der Waals surface area contributed by atoms with E-state index in [1.54, 1.807) is 18.3 Å². The zero-order chi connectivity index (χ0) is 21.1. The van der Waals surface area contributed by atoms with Crippen LogP contribution >= 0.6 is 11.8 Å². The van der Waals surface area contributed by atoms with Crippen molar-refractivity contribution in [1.82, 2.24) is 15.6 Å². The number of carbonyl (C=O) groups is 2. The second kappa shape index (κ2) is 9.03. The first-order valence-electron chi connectivity index (χ1n) is 9.99. The van der Waals surface area contributed by atoms with E-state index < -0.39 is 11.4 Å². The van der Waals surface area contributed by atoms with E-state index in [1.165, 1.54) is 0 Å². The number of anilines is 2. The summed E-state index contributed by atoms with van der Waals surface area (Å²) in [7, 11) is 0. The summed E-state index contributed by atoms with van der Waals surface area (Å²) in [5, 5.41) is 15.3. The second-order valence-corrected chi connectivity index (χ2v) is 8.65. The van der Waals surface area contributed by atoms with Crippen LogP contribution in [-0.4, -0.2) is 46.9 Å². The van der Waals surface area contributed by atoms with Crippen LogP contribution < -0.4 is 21.3 Å². The van der Waals surface area contributed by atoms with Gasteiger partial charge in [-0.15, -0.1) is 0 Å². The fourth-order valence-corrected chi connectivity index (χ4v) is 4.62. The minimum Gasteiger partial charge on any atom is -0.387 e. The molecule has 0 radical (unpaired) electrons. The minimum atomic E-state index is -0.610. The van der Waals surface area contributed by atoms with Crippen molar-refractivity contribution < 1.29 is 14.7 Å². The summed E-state index contributed by atoms with van der Waals surface area (Å²) >= 11 is 1.02. The van der Waals surface area contributed by atoms with Crippen LogP contribution in [0.2, 0.25) is 0 Å². The third-order valence-corrected chi connectivity index (χ3v) is 6.58. The predicted molar refractivity (Wildman–Crippen MR) is 117 cm³/mol. The van der Waals surface area contributed by atoms with Gasteiger partial charge in [0, 0.05) is 43.1 Å². The highest BCUT2D eigenvalue weighted by molar-refractivity contribution is 8.15. The van der Waals surface area contributed by atoms with Crippen LogP contribution in [0.25, 0.3) is 0 Å². The van der Waals surface area contributed by atoms with E-state index in [0.29, 0.717) is 18.4 Å². The third-order valence-electron chi connectivity index (χ3n) is 5.54. The van der Waals surface area contributed by atoms with Crippen molar-refractivity contribution in [2.45, 2.75) is 30.2 Å². The van der Waals surface area contributed by atoms with Gasteiger partial charge < -0.3 is 21.1 Å². The maximum Gasteiger partial charge on any atom is 0.286 e. The summed E-state index contributed by atoms with van der Waals surface area (Å²) in [4.78, 5) is 29.5. The highest BCUT2D eigenvalue weighted by atomic mass is 32.2. The Morgan fingerprint density at radius 2 is 1.93 bits per heavy atom. The normalized spacial score (nSPS) is 21.0. The molecule has 2 saturated heterocycles. The molecule has 2 aliphatic rings. The Bertz CT molecular complexity index is 898. The molecule has 2 aliphatic heterocycles. The lowest BCUT2D eigenvalue weighted by atomic mass is 10.0. The maximum absolute atomic E-state index is 11.8. The van der Waals surface area contributed by atoms with Gasteiger partial charge in [0.2, 0.25) is 5.91 Å². The summed E-state index contributed by atoms with van der Waals surface area (Å²) in [6.07, 6.45) is 2.95. The van der Waals surface area contributed by atoms with E-state index in [2.05, 4.69) is 20.5 Å². The number of nitrogens with one attached hydrogen (secondary N) is 2. The molecule has 2 atom stereocenters. The Morgan fingerprint density at radius 3 is 2.53 bits per heavy atom. The molecule has 2 fully saturated rings. The zero-order valence-electron chi connectivity index (χ0n) is 16.5. The van der Waals surface area contributed by atoms with Crippen molar-refractivity contribution in [3.8, 4) is 0 Å². The Labute approximate surface area is 179 Å². The molecule has 0 saturated carbocycles. The number of amides is 2. The molecule has 2 aromatic rings. The number of nitrogens with zero attached hydrogens (tertiary/aromatic N) is 2. The Morgan fingerprint density at radius 1 is 1.20 bits per heavy atom. The van der Waals surface area contributed by atoms with Gasteiger partial charge in [0.25, 0.3) is 5.24 Å². The molecule has 5 N–H and O–H groups in total. The molecule has 1 aromatic carbocycles. The SMILES string of the molecule is Nc1ccc([C@@H](O)CNC2CCN(c3ccc(C4SC(=O)NC4=O)cc3)CC2)cn1. The van der Waals surface area contributed by atoms with Gasteiger partial charge in [-0.25, -0.2) is 4.98 Å². The highest BCUT2D eigenvalue weighted by Gasteiger charge is 2.32. The van der Waals surface area contributed by atoms with Gasteiger partial charge in [0.05, 0.1) is 6.10 Å².